The van der Waals surface area contributed by atoms with E-state index in [1.807, 2.05) is 6.92 Å². The Labute approximate surface area is 54.4 Å². The van der Waals surface area contributed by atoms with Gasteiger partial charge >= 0.3 is 0 Å². The highest BCUT2D eigenvalue weighted by Gasteiger charge is 2.42. The summed E-state index contributed by atoms with van der Waals surface area (Å²) in [5.41, 5.74) is 5.17. The molecular weight excluding hydrogens is 116 g/mol. The number of ether oxygens (including phenoxy) is 1. The van der Waals surface area contributed by atoms with Crippen molar-refractivity contribution in [2.24, 2.45) is 11.1 Å². The molecule has 2 N–H and O–H groups in total. The molecule has 0 radical (unpaired) electrons. The number of nitriles is 1. The summed E-state index contributed by atoms with van der Waals surface area (Å²) in [6.07, 6.45) is 0. The molecule has 0 aromatic rings. The highest BCUT2D eigenvalue weighted by Crippen LogP contribution is 2.28. The smallest absolute Gasteiger partial charge is 0.118 e. The standard InChI is InChI=1S/C6H10N2O/c1-5(8)6(2-7)3-9-4-6/h5H,3-4,8H2,1H3. The van der Waals surface area contributed by atoms with Crippen LogP contribution in [0.2, 0.25) is 0 Å². The number of nitrogens with two attached hydrogens (primary N) is 1. The van der Waals surface area contributed by atoms with Crippen LogP contribution in [-0.4, -0.2) is 19.3 Å². The lowest BCUT2D eigenvalue weighted by molar-refractivity contribution is -0.0872. The Morgan fingerprint density at radius 1 is 1.78 bits per heavy atom. The third kappa shape index (κ3) is 0.805. The van der Waals surface area contributed by atoms with Gasteiger partial charge in [0.25, 0.3) is 0 Å². The maximum absolute atomic E-state index is 8.60. The monoisotopic (exact) mass is 126 g/mol. The van der Waals surface area contributed by atoms with Crippen LogP contribution in [0, 0.1) is 16.7 Å². The van der Waals surface area contributed by atoms with Crippen LogP contribution in [0.1, 0.15) is 6.92 Å². The first-order valence-electron chi connectivity index (χ1n) is 2.96. The Morgan fingerprint density at radius 2 is 2.33 bits per heavy atom. The molecule has 3 nitrogen and oxygen atoms in total. The van der Waals surface area contributed by atoms with Gasteiger partial charge in [-0.1, -0.05) is 0 Å². The van der Waals surface area contributed by atoms with Crippen molar-refractivity contribution in [1.29, 1.82) is 5.26 Å². The summed E-state index contributed by atoms with van der Waals surface area (Å²) in [6.45, 7) is 2.84. The molecule has 1 heterocycles. The Kier molecular flexibility index (Phi) is 1.43. The number of hydrogen-bond acceptors (Lipinski definition) is 3. The summed E-state index contributed by atoms with van der Waals surface area (Å²) in [6, 6.07) is 2.09. The number of rotatable bonds is 1. The second-order valence-corrected chi connectivity index (χ2v) is 2.55. The zero-order valence-corrected chi connectivity index (χ0v) is 5.42. The third-order valence-electron chi connectivity index (χ3n) is 1.81. The molecule has 1 atom stereocenters. The molecule has 0 bridgehead atoms. The van der Waals surface area contributed by atoms with E-state index < -0.39 is 0 Å². The second kappa shape index (κ2) is 1.98. The van der Waals surface area contributed by atoms with E-state index in [1.54, 1.807) is 0 Å². The molecule has 1 aliphatic heterocycles. The Balaban J connectivity index is 2.60. The molecule has 0 aliphatic carbocycles. The fourth-order valence-corrected chi connectivity index (χ4v) is 0.751. The predicted octanol–water partition coefficient (Wildman–Crippen LogP) is -0.126. The van der Waals surface area contributed by atoms with E-state index in [-0.39, 0.29) is 11.5 Å². The van der Waals surface area contributed by atoms with Crippen LogP contribution in [0.4, 0.5) is 0 Å². The lowest BCUT2D eigenvalue weighted by Gasteiger charge is -2.37. The van der Waals surface area contributed by atoms with E-state index in [0.717, 1.165) is 0 Å². The fourth-order valence-electron chi connectivity index (χ4n) is 0.751. The molecule has 0 aromatic heterocycles. The lowest BCUT2D eigenvalue weighted by Crippen LogP contribution is -2.52. The lowest BCUT2D eigenvalue weighted by atomic mass is 9.81. The van der Waals surface area contributed by atoms with Gasteiger partial charge in [0.2, 0.25) is 0 Å². The Hall–Kier alpha value is -0.590. The average Bonchev–Trinajstić information content (AvgIpc) is 1.62. The van der Waals surface area contributed by atoms with Gasteiger partial charge in [0.15, 0.2) is 0 Å². The van der Waals surface area contributed by atoms with Crippen molar-refractivity contribution in [3.05, 3.63) is 0 Å². The van der Waals surface area contributed by atoms with Crippen molar-refractivity contribution in [1.82, 2.24) is 0 Å². The molecule has 0 aromatic carbocycles. The van der Waals surface area contributed by atoms with Crippen molar-refractivity contribution < 1.29 is 4.74 Å². The quantitative estimate of drug-likeness (QED) is 0.532. The average molecular weight is 126 g/mol. The number of hydrogen-bond donors (Lipinski definition) is 1. The summed E-state index contributed by atoms with van der Waals surface area (Å²) >= 11 is 0. The van der Waals surface area contributed by atoms with Gasteiger partial charge < -0.3 is 10.5 Å². The molecule has 1 fully saturated rings. The molecule has 50 valence electrons. The first-order chi connectivity index (χ1) is 4.21. The van der Waals surface area contributed by atoms with Crippen molar-refractivity contribution in [2.45, 2.75) is 13.0 Å². The van der Waals surface area contributed by atoms with Gasteiger partial charge in [-0.05, 0) is 6.92 Å². The molecular formula is C6H10N2O. The van der Waals surface area contributed by atoms with Gasteiger partial charge in [0, 0.05) is 6.04 Å². The van der Waals surface area contributed by atoms with Gasteiger partial charge in [0.1, 0.15) is 5.41 Å². The SMILES string of the molecule is CC(N)C1(C#N)COC1. The largest absolute Gasteiger partial charge is 0.378 e. The molecule has 0 saturated carbocycles. The third-order valence-corrected chi connectivity index (χ3v) is 1.81. The van der Waals surface area contributed by atoms with E-state index in [0.29, 0.717) is 13.2 Å². The minimum absolute atomic E-state index is 0.0729. The maximum Gasteiger partial charge on any atom is 0.118 e. The Bertz CT molecular complexity index is 144. The first kappa shape index (κ1) is 6.53. The van der Waals surface area contributed by atoms with Gasteiger partial charge in [0.05, 0.1) is 19.3 Å². The normalized spacial score (nSPS) is 25.9. The fraction of sp³-hybridized carbons (Fsp3) is 0.833. The zero-order valence-electron chi connectivity index (χ0n) is 5.42. The highest BCUT2D eigenvalue weighted by atomic mass is 16.5. The van der Waals surface area contributed by atoms with Gasteiger partial charge in [-0.15, -0.1) is 0 Å². The molecule has 0 amide bonds. The van der Waals surface area contributed by atoms with Crippen molar-refractivity contribution in [2.75, 3.05) is 13.2 Å². The van der Waals surface area contributed by atoms with Gasteiger partial charge in [-0.3, -0.25) is 0 Å². The highest BCUT2D eigenvalue weighted by molar-refractivity contribution is 5.08. The van der Waals surface area contributed by atoms with Crippen LogP contribution in [0.5, 0.6) is 0 Å². The van der Waals surface area contributed by atoms with Crippen LogP contribution in [0.3, 0.4) is 0 Å². The minimum Gasteiger partial charge on any atom is -0.378 e. The van der Waals surface area contributed by atoms with Crippen LogP contribution in [0.15, 0.2) is 0 Å². The predicted molar refractivity (Wildman–Crippen MR) is 32.5 cm³/mol. The zero-order chi connectivity index (χ0) is 6.91. The Morgan fingerprint density at radius 3 is 2.33 bits per heavy atom. The molecule has 1 unspecified atom stereocenters. The molecule has 3 heteroatoms. The summed E-state index contributed by atoms with van der Waals surface area (Å²) in [5, 5.41) is 8.60. The minimum atomic E-state index is -0.375. The van der Waals surface area contributed by atoms with Crippen molar-refractivity contribution >= 4 is 0 Å². The van der Waals surface area contributed by atoms with Crippen molar-refractivity contribution in [3.63, 3.8) is 0 Å². The van der Waals surface area contributed by atoms with E-state index in [2.05, 4.69) is 6.07 Å². The molecule has 0 spiro atoms. The summed E-state index contributed by atoms with van der Waals surface area (Å²) in [5.74, 6) is 0. The topological polar surface area (TPSA) is 59.0 Å². The van der Waals surface area contributed by atoms with Crippen LogP contribution >= 0.6 is 0 Å². The van der Waals surface area contributed by atoms with Crippen LogP contribution in [-0.2, 0) is 4.74 Å². The van der Waals surface area contributed by atoms with Crippen LogP contribution in [0.25, 0.3) is 0 Å². The first-order valence-corrected chi connectivity index (χ1v) is 2.96. The number of nitrogens with zero attached hydrogens (tertiary/aromatic N) is 1. The van der Waals surface area contributed by atoms with Crippen LogP contribution < -0.4 is 5.73 Å². The summed E-state index contributed by atoms with van der Waals surface area (Å²) in [4.78, 5) is 0. The molecule has 1 rings (SSSR count). The van der Waals surface area contributed by atoms with E-state index in [1.165, 1.54) is 0 Å². The molecule has 1 aliphatic rings. The maximum atomic E-state index is 8.60. The van der Waals surface area contributed by atoms with Gasteiger partial charge in [-0.25, -0.2) is 0 Å². The van der Waals surface area contributed by atoms with Gasteiger partial charge in [-0.2, -0.15) is 5.26 Å². The summed E-state index contributed by atoms with van der Waals surface area (Å²) < 4.78 is 4.89. The van der Waals surface area contributed by atoms with Crippen molar-refractivity contribution in [3.8, 4) is 6.07 Å². The molecule has 1 saturated heterocycles. The molecule has 9 heavy (non-hydrogen) atoms. The second-order valence-electron chi connectivity index (χ2n) is 2.55. The van der Waals surface area contributed by atoms with E-state index in [4.69, 9.17) is 15.7 Å². The van der Waals surface area contributed by atoms with E-state index >= 15 is 0 Å². The van der Waals surface area contributed by atoms with E-state index in [9.17, 15) is 0 Å². The summed E-state index contributed by atoms with van der Waals surface area (Å²) in [7, 11) is 0.